The average Bonchev–Trinajstić information content (AvgIpc) is 2.47. The molecule has 0 aromatic carbocycles. The first-order valence-corrected chi connectivity index (χ1v) is 4.66. The normalized spacial score (nSPS) is 10.6. The predicted molar refractivity (Wildman–Crippen MR) is 51.1 cm³/mol. The highest BCUT2D eigenvalue weighted by Gasteiger charge is 2.19. The van der Waals surface area contributed by atoms with Crippen LogP contribution >= 0.6 is 0 Å². The number of nitrogens with zero attached hydrogens (tertiary/aromatic N) is 3. The van der Waals surface area contributed by atoms with Crippen molar-refractivity contribution in [3.63, 3.8) is 0 Å². The first kappa shape index (κ1) is 10.7. The van der Waals surface area contributed by atoms with Gasteiger partial charge in [0.05, 0.1) is 6.61 Å². The van der Waals surface area contributed by atoms with Gasteiger partial charge in [0.15, 0.2) is 0 Å². The molecule has 5 heteroatoms. The van der Waals surface area contributed by atoms with Crippen LogP contribution in [0.15, 0.2) is 0 Å². The number of hydrogen-bond donors (Lipinski definition) is 0. The Morgan fingerprint density at radius 2 is 2.14 bits per heavy atom. The fourth-order valence-electron chi connectivity index (χ4n) is 1.32. The number of hydrogen-bond acceptors (Lipinski definition) is 4. The van der Waals surface area contributed by atoms with Gasteiger partial charge in [-0.1, -0.05) is 0 Å². The molecule has 14 heavy (non-hydrogen) atoms. The molecule has 0 N–H and O–H groups in total. The Kier molecular flexibility index (Phi) is 3.22. The van der Waals surface area contributed by atoms with Gasteiger partial charge in [-0.2, -0.15) is 0 Å². The molecule has 0 atom stereocenters. The Morgan fingerprint density at radius 3 is 2.64 bits per heavy atom. The SMILES string of the molecule is CCOC(=O)c1nnc(C)n1C(C)C. The largest absolute Gasteiger partial charge is 0.460 e. The van der Waals surface area contributed by atoms with Crippen molar-refractivity contribution >= 4 is 5.97 Å². The van der Waals surface area contributed by atoms with Gasteiger partial charge in [0.25, 0.3) is 0 Å². The van der Waals surface area contributed by atoms with Crippen LogP contribution in [0.25, 0.3) is 0 Å². The van der Waals surface area contributed by atoms with Crippen LogP contribution in [0, 0.1) is 6.92 Å². The summed E-state index contributed by atoms with van der Waals surface area (Å²) in [7, 11) is 0. The van der Waals surface area contributed by atoms with E-state index >= 15 is 0 Å². The minimum Gasteiger partial charge on any atom is -0.460 e. The van der Waals surface area contributed by atoms with E-state index < -0.39 is 5.97 Å². The Morgan fingerprint density at radius 1 is 1.50 bits per heavy atom. The topological polar surface area (TPSA) is 57.0 Å². The van der Waals surface area contributed by atoms with E-state index in [1.54, 1.807) is 11.5 Å². The molecule has 0 radical (unpaired) electrons. The van der Waals surface area contributed by atoms with Crippen molar-refractivity contribution in [2.45, 2.75) is 33.7 Å². The second kappa shape index (κ2) is 4.21. The summed E-state index contributed by atoms with van der Waals surface area (Å²) in [5.74, 6) is 0.587. The fourth-order valence-corrected chi connectivity index (χ4v) is 1.32. The van der Waals surface area contributed by atoms with E-state index in [4.69, 9.17) is 4.74 Å². The summed E-state index contributed by atoms with van der Waals surface area (Å²) in [5.41, 5.74) is 0. The van der Waals surface area contributed by atoms with E-state index in [-0.39, 0.29) is 11.9 Å². The highest BCUT2D eigenvalue weighted by atomic mass is 16.5. The summed E-state index contributed by atoms with van der Waals surface area (Å²) in [6.45, 7) is 7.87. The van der Waals surface area contributed by atoms with Crippen LogP contribution in [0.5, 0.6) is 0 Å². The first-order valence-electron chi connectivity index (χ1n) is 4.66. The Hall–Kier alpha value is -1.39. The average molecular weight is 197 g/mol. The van der Waals surface area contributed by atoms with Gasteiger partial charge in [0.2, 0.25) is 5.82 Å². The maximum absolute atomic E-state index is 11.4. The summed E-state index contributed by atoms with van der Waals surface area (Å²) in [6, 6.07) is 0.157. The van der Waals surface area contributed by atoms with E-state index in [1.807, 2.05) is 20.8 Å². The summed E-state index contributed by atoms with van der Waals surface area (Å²) in [6.07, 6.45) is 0. The molecule has 1 rings (SSSR count). The van der Waals surface area contributed by atoms with Crippen molar-refractivity contribution in [3.05, 3.63) is 11.6 Å². The van der Waals surface area contributed by atoms with E-state index in [0.717, 1.165) is 5.82 Å². The second-order valence-corrected chi connectivity index (χ2v) is 3.26. The zero-order chi connectivity index (χ0) is 10.7. The second-order valence-electron chi connectivity index (χ2n) is 3.26. The van der Waals surface area contributed by atoms with Gasteiger partial charge in [0, 0.05) is 6.04 Å². The van der Waals surface area contributed by atoms with Crippen LogP contribution in [0.4, 0.5) is 0 Å². The molecule has 0 saturated carbocycles. The first-order chi connectivity index (χ1) is 6.57. The van der Waals surface area contributed by atoms with Crippen molar-refractivity contribution in [2.24, 2.45) is 0 Å². The van der Waals surface area contributed by atoms with Crippen molar-refractivity contribution < 1.29 is 9.53 Å². The summed E-state index contributed by atoms with van der Waals surface area (Å²) in [5, 5.41) is 7.65. The molecule has 0 amide bonds. The lowest BCUT2D eigenvalue weighted by molar-refractivity contribution is 0.0503. The number of carbonyl (C=O) groups excluding carboxylic acids is 1. The van der Waals surface area contributed by atoms with Crippen molar-refractivity contribution in [3.8, 4) is 0 Å². The van der Waals surface area contributed by atoms with Crippen LogP contribution in [0.1, 0.15) is 43.3 Å². The molecule has 0 unspecified atom stereocenters. The molecule has 78 valence electrons. The smallest absolute Gasteiger partial charge is 0.376 e. The lowest BCUT2D eigenvalue weighted by Gasteiger charge is -2.10. The number of ether oxygens (including phenoxy) is 1. The molecule has 1 aromatic heterocycles. The van der Waals surface area contributed by atoms with Gasteiger partial charge in [0.1, 0.15) is 5.82 Å². The van der Waals surface area contributed by atoms with E-state index in [2.05, 4.69) is 10.2 Å². The minimum atomic E-state index is -0.415. The van der Waals surface area contributed by atoms with Gasteiger partial charge in [-0.05, 0) is 27.7 Å². The fraction of sp³-hybridized carbons (Fsp3) is 0.667. The predicted octanol–water partition coefficient (Wildman–Crippen LogP) is 1.34. The lowest BCUT2D eigenvalue weighted by atomic mass is 10.3. The molecular formula is C9H15N3O2. The molecule has 0 aliphatic carbocycles. The summed E-state index contributed by atoms with van der Waals surface area (Å²) in [4.78, 5) is 11.4. The monoisotopic (exact) mass is 197 g/mol. The maximum atomic E-state index is 11.4. The molecule has 0 spiro atoms. The zero-order valence-corrected chi connectivity index (χ0v) is 8.94. The zero-order valence-electron chi connectivity index (χ0n) is 8.94. The third-order valence-electron chi connectivity index (χ3n) is 1.84. The summed E-state index contributed by atoms with van der Waals surface area (Å²) < 4.78 is 6.63. The van der Waals surface area contributed by atoms with Crippen LogP contribution in [-0.2, 0) is 4.74 Å². The third-order valence-corrected chi connectivity index (χ3v) is 1.84. The Labute approximate surface area is 83.1 Å². The quantitative estimate of drug-likeness (QED) is 0.686. The number of aromatic nitrogens is 3. The number of aryl methyl sites for hydroxylation is 1. The van der Waals surface area contributed by atoms with E-state index in [1.165, 1.54) is 0 Å². The van der Waals surface area contributed by atoms with Gasteiger partial charge < -0.3 is 9.30 Å². The van der Waals surface area contributed by atoms with Gasteiger partial charge >= 0.3 is 5.97 Å². The molecule has 0 fully saturated rings. The standard InChI is InChI=1S/C9H15N3O2/c1-5-14-9(13)8-11-10-7(4)12(8)6(2)3/h6H,5H2,1-4H3. The van der Waals surface area contributed by atoms with Crippen LogP contribution < -0.4 is 0 Å². The van der Waals surface area contributed by atoms with Crippen LogP contribution in [0.2, 0.25) is 0 Å². The van der Waals surface area contributed by atoms with Gasteiger partial charge in [-0.3, -0.25) is 0 Å². The van der Waals surface area contributed by atoms with Crippen molar-refractivity contribution in [1.82, 2.24) is 14.8 Å². The molecule has 5 nitrogen and oxygen atoms in total. The third kappa shape index (κ3) is 1.92. The number of rotatable bonds is 3. The molecule has 1 heterocycles. The number of esters is 1. The van der Waals surface area contributed by atoms with Crippen LogP contribution in [0.3, 0.4) is 0 Å². The van der Waals surface area contributed by atoms with Crippen molar-refractivity contribution in [2.75, 3.05) is 6.61 Å². The highest BCUT2D eigenvalue weighted by Crippen LogP contribution is 2.11. The highest BCUT2D eigenvalue weighted by molar-refractivity contribution is 5.85. The Bertz CT molecular complexity index is 331. The molecular weight excluding hydrogens is 182 g/mol. The summed E-state index contributed by atoms with van der Waals surface area (Å²) >= 11 is 0. The van der Waals surface area contributed by atoms with Crippen molar-refractivity contribution in [1.29, 1.82) is 0 Å². The minimum absolute atomic E-state index is 0.157. The van der Waals surface area contributed by atoms with Gasteiger partial charge in [-0.25, -0.2) is 4.79 Å². The Balaban J connectivity index is 3.02. The van der Waals surface area contributed by atoms with Gasteiger partial charge in [-0.15, -0.1) is 10.2 Å². The molecule has 0 bridgehead atoms. The maximum Gasteiger partial charge on any atom is 0.376 e. The lowest BCUT2D eigenvalue weighted by Crippen LogP contribution is -2.15. The molecule has 0 aliphatic rings. The molecule has 0 aliphatic heterocycles. The van der Waals surface area contributed by atoms with E-state index in [0.29, 0.717) is 6.61 Å². The van der Waals surface area contributed by atoms with E-state index in [9.17, 15) is 4.79 Å². The van der Waals surface area contributed by atoms with Crippen LogP contribution in [-0.4, -0.2) is 27.3 Å². The molecule has 1 aromatic rings. The molecule has 0 saturated heterocycles. The number of carbonyl (C=O) groups is 1.